The molecule has 22 heavy (non-hydrogen) atoms. The second-order valence-electron chi connectivity index (χ2n) is 5.19. The Bertz CT molecular complexity index is 709. The summed E-state index contributed by atoms with van der Waals surface area (Å²) in [4.78, 5) is 23.4. The molecular weight excluding hydrogens is 282 g/mol. The Kier molecular flexibility index (Phi) is 3.78. The van der Waals surface area contributed by atoms with Gasteiger partial charge < -0.3 is 14.7 Å². The van der Waals surface area contributed by atoms with Gasteiger partial charge in [-0.05, 0) is 53.9 Å². The smallest absolute Gasteiger partial charge is 0.335 e. The van der Waals surface area contributed by atoms with Crippen molar-refractivity contribution in [3.63, 3.8) is 0 Å². The van der Waals surface area contributed by atoms with Gasteiger partial charge in [-0.3, -0.25) is 4.79 Å². The van der Waals surface area contributed by atoms with Crippen LogP contribution in [0.3, 0.4) is 0 Å². The minimum Gasteiger partial charge on any atom is -0.478 e. The van der Waals surface area contributed by atoms with Gasteiger partial charge in [0.1, 0.15) is 11.5 Å². The zero-order valence-electron chi connectivity index (χ0n) is 11.9. The molecule has 1 aliphatic heterocycles. The molecule has 0 spiro atoms. The van der Waals surface area contributed by atoms with Crippen LogP contribution in [-0.4, -0.2) is 28.9 Å². The Balaban J connectivity index is 1.78. The van der Waals surface area contributed by atoms with Gasteiger partial charge in [0.05, 0.1) is 5.56 Å². The lowest BCUT2D eigenvalue weighted by Crippen LogP contribution is -2.28. The number of benzene rings is 2. The number of hydrogen-bond acceptors (Lipinski definition) is 3. The maximum Gasteiger partial charge on any atom is 0.335 e. The predicted octanol–water partition coefficient (Wildman–Crippen LogP) is 2.69. The van der Waals surface area contributed by atoms with Gasteiger partial charge in [-0.25, -0.2) is 4.79 Å². The topological polar surface area (TPSA) is 66.8 Å². The third-order valence-electron chi connectivity index (χ3n) is 3.71. The zero-order chi connectivity index (χ0) is 15.5. The maximum absolute atomic E-state index is 10.9. The minimum atomic E-state index is -0.964. The van der Waals surface area contributed by atoms with Crippen molar-refractivity contribution < 1.29 is 19.4 Å². The SMILES string of the molecule is O=CN1CCc2ccc(Oc3ccc(C(=O)O)cc3)cc2C1. The van der Waals surface area contributed by atoms with Crippen LogP contribution < -0.4 is 4.74 Å². The van der Waals surface area contributed by atoms with Crippen molar-refractivity contribution >= 4 is 12.4 Å². The molecule has 0 fully saturated rings. The van der Waals surface area contributed by atoms with Gasteiger partial charge in [-0.15, -0.1) is 0 Å². The zero-order valence-corrected chi connectivity index (χ0v) is 11.9. The molecule has 0 saturated heterocycles. The Morgan fingerprint density at radius 3 is 2.50 bits per heavy atom. The molecule has 2 aromatic rings. The monoisotopic (exact) mass is 297 g/mol. The van der Waals surface area contributed by atoms with E-state index in [-0.39, 0.29) is 5.56 Å². The quantitative estimate of drug-likeness (QED) is 0.881. The molecule has 0 aromatic heterocycles. The van der Waals surface area contributed by atoms with Gasteiger partial charge in [-0.1, -0.05) is 6.07 Å². The molecule has 1 aliphatic rings. The van der Waals surface area contributed by atoms with Crippen molar-refractivity contribution in [1.82, 2.24) is 4.90 Å². The average Bonchev–Trinajstić information content (AvgIpc) is 2.54. The molecule has 0 aliphatic carbocycles. The van der Waals surface area contributed by atoms with Gasteiger partial charge in [-0.2, -0.15) is 0 Å². The number of nitrogens with zero attached hydrogens (tertiary/aromatic N) is 1. The summed E-state index contributed by atoms with van der Waals surface area (Å²) >= 11 is 0. The normalized spacial score (nSPS) is 13.4. The predicted molar refractivity (Wildman–Crippen MR) is 80.1 cm³/mol. The number of hydrogen-bond donors (Lipinski definition) is 1. The molecule has 0 bridgehead atoms. The van der Waals surface area contributed by atoms with Crippen molar-refractivity contribution in [3.05, 3.63) is 59.2 Å². The fourth-order valence-electron chi connectivity index (χ4n) is 2.51. The highest BCUT2D eigenvalue weighted by Crippen LogP contribution is 2.27. The molecular formula is C17H15NO4. The van der Waals surface area contributed by atoms with E-state index < -0.39 is 5.97 Å². The van der Waals surface area contributed by atoms with Crippen molar-refractivity contribution in [1.29, 1.82) is 0 Å². The molecule has 1 amide bonds. The van der Waals surface area contributed by atoms with Crippen LogP contribution in [0.4, 0.5) is 0 Å². The van der Waals surface area contributed by atoms with Gasteiger partial charge in [0.2, 0.25) is 6.41 Å². The van der Waals surface area contributed by atoms with Crippen LogP contribution in [-0.2, 0) is 17.8 Å². The van der Waals surface area contributed by atoms with Crippen LogP contribution in [0.1, 0.15) is 21.5 Å². The summed E-state index contributed by atoms with van der Waals surface area (Å²) < 4.78 is 5.75. The summed E-state index contributed by atoms with van der Waals surface area (Å²) in [7, 11) is 0. The van der Waals surface area contributed by atoms with Crippen LogP contribution >= 0.6 is 0 Å². The lowest BCUT2D eigenvalue weighted by Gasteiger charge is -2.25. The van der Waals surface area contributed by atoms with Crippen LogP contribution in [0.2, 0.25) is 0 Å². The highest BCUT2D eigenvalue weighted by atomic mass is 16.5. The van der Waals surface area contributed by atoms with Gasteiger partial charge >= 0.3 is 5.97 Å². The molecule has 112 valence electrons. The standard InChI is InChI=1S/C17H15NO4/c19-11-18-8-7-12-1-6-16(9-14(12)10-18)22-15-4-2-13(3-5-15)17(20)21/h1-6,9,11H,7-8,10H2,(H,20,21). The van der Waals surface area contributed by atoms with Crippen molar-refractivity contribution in [2.45, 2.75) is 13.0 Å². The number of amides is 1. The largest absolute Gasteiger partial charge is 0.478 e. The first-order chi connectivity index (χ1) is 10.7. The molecule has 5 heteroatoms. The molecule has 0 radical (unpaired) electrons. The third-order valence-corrected chi connectivity index (χ3v) is 3.71. The number of carboxylic acids is 1. The van der Waals surface area contributed by atoms with E-state index in [2.05, 4.69) is 0 Å². The molecule has 5 nitrogen and oxygen atoms in total. The number of carbonyl (C=O) groups is 2. The molecule has 3 rings (SSSR count). The summed E-state index contributed by atoms with van der Waals surface area (Å²) in [6.45, 7) is 1.33. The number of fused-ring (bicyclic) bond motifs is 1. The summed E-state index contributed by atoms with van der Waals surface area (Å²) in [5.74, 6) is 0.289. The molecule has 1 N–H and O–H groups in total. The van der Waals surface area contributed by atoms with E-state index in [0.717, 1.165) is 24.9 Å². The second-order valence-corrected chi connectivity index (χ2v) is 5.19. The maximum atomic E-state index is 10.9. The van der Waals surface area contributed by atoms with Gasteiger partial charge in [0.15, 0.2) is 0 Å². The van der Waals surface area contributed by atoms with Crippen LogP contribution in [0.15, 0.2) is 42.5 Å². The van der Waals surface area contributed by atoms with E-state index in [1.807, 2.05) is 18.2 Å². The van der Waals surface area contributed by atoms with E-state index >= 15 is 0 Å². The summed E-state index contributed by atoms with van der Waals surface area (Å²) in [6.07, 6.45) is 1.71. The number of rotatable bonds is 4. The van der Waals surface area contributed by atoms with Crippen molar-refractivity contribution in [2.24, 2.45) is 0 Å². The Morgan fingerprint density at radius 2 is 1.82 bits per heavy atom. The third kappa shape index (κ3) is 2.93. The first-order valence-electron chi connectivity index (χ1n) is 6.98. The second kappa shape index (κ2) is 5.89. The van der Waals surface area contributed by atoms with Gasteiger partial charge in [0.25, 0.3) is 0 Å². The van der Waals surface area contributed by atoms with E-state index in [1.165, 1.54) is 17.7 Å². The molecule has 2 aromatic carbocycles. The lowest BCUT2D eigenvalue weighted by atomic mass is 10.00. The summed E-state index contributed by atoms with van der Waals surface area (Å²) in [5.41, 5.74) is 2.53. The molecule has 0 unspecified atom stereocenters. The highest BCUT2D eigenvalue weighted by molar-refractivity contribution is 5.87. The fraction of sp³-hybridized carbons (Fsp3) is 0.176. The van der Waals surface area contributed by atoms with Crippen molar-refractivity contribution in [3.8, 4) is 11.5 Å². The Labute approximate surface area is 127 Å². The fourth-order valence-corrected chi connectivity index (χ4v) is 2.51. The van der Waals surface area contributed by atoms with E-state index in [0.29, 0.717) is 18.0 Å². The molecule has 0 atom stereocenters. The number of aromatic carboxylic acids is 1. The minimum absolute atomic E-state index is 0.222. The number of carbonyl (C=O) groups excluding carboxylic acids is 1. The van der Waals surface area contributed by atoms with Crippen molar-refractivity contribution in [2.75, 3.05) is 6.54 Å². The van der Waals surface area contributed by atoms with Crippen LogP contribution in [0, 0.1) is 0 Å². The average molecular weight is 297 g/mol. The first kappa shape index (κ1) is 14.1. The molecule has 1 heterocycles. The van der Waals surface area contributed by atoms with E-state index in [1.54, 1.807) is 17.0 Å². The number of carboxylic acid groups (broad SMARTS) is 1. The Hall–Kier alpha value is -2.82. The molecule has 0 saturated carbocycles. The Morgan fingerprint density at radius 1 is 1.09 bits per heavy atom. The number of ether oxygens (including phenoxy) is 1. The highest BCUT2D eigenvalue weighted by Gasteiger charge is 2.15. The lowest BCUT2D eigenvalue weighted by molar-refractivity contribution is -0.118. The van der Waals surface area contributed by atoms with E-state index in [9.17, 15) is 9.59 Å². The van der Waals surface area contributed by atoms with Crippen LogP contribution in [0.5, 0.6) is 11.5 Å². The van der Waals surface area contributed by atoms with Gasteiger partial charge in [0, 0.05) is 13.1 Å². The van der Waals surface area contributed by atoms with E-state index in [4.69, 9.17) is 9.84 Å². The summed E-state index contributed by atoms with van der Waals surface area (Å²) in [5, 5.41) is 8.87. The first-order valence-corrected chi connectivity index (χ1v) is 6.98. The van der Waals surface area contributed by atoms with Crippen LogP contribution in [0.25, 0.3) is 0 Å². The summed E-state index contributed by atoms with van der Waals surface area (Å²) in [6, 6.07) is 12.1.